The zero-order valence-corrected chi connectivity index (χ0v) is 11.2. The number of nitrogens with zero attached hydrogens (tertiary/aromatic N) is 2. The van der Waals surface area contributed by atoms with E-state index in [4.69, 9.17) is 11.6 Å². The van der Waals surface area contributed by atoms with Crippen LogP contribution in [-0.2, 0) is 19.6 Å². The van der Waals surface area contributed by atoms with Gasteiger partial charge in [0.2, 0.25) is 0 Å². The Balaban J connectivity index is 2.49. The number of aryl methyl sites for hydroxylation is 1. The molecule has 0 atom stereocenters. The van der Waals surface area contributed by atoms with Crippen LogP contribution in [0.1, 0.15) is 18.1 Å². The Morgan fingerprint density at radius 3 is 2.26 bits per heavy atom. The van der Waals surface area contributed by atoms with E-state index in [9.17, 15) is 13.2 Å². The summed E-state index contributed by atoms with van der Waals surface area (Å²) in [4.78, 5) is 0. The summed E-state index contributed by atoms with van der Waals surface area (Å²) >= 11 is 5.99. The van der Waals surface area contributed by atoms with Crippen molar-refractivity contribution in [3.8, 4) is 11.3 Å². The summed E-state index contributed by atoms with van der Waals surface area (Å²) in [6.07, 6.45) is -3.65. The normalized spacial score (nSPS) is 11.9. The third kappa shape index (κ3) is 2.61. The third-order valence-electron chi connectivity index (χ3n) is 2.94. The molecule has 0 aliphatic heterocycles. The van der Waals surface area contributed by atoms with Gasteiger partial charge in [-0.2, -0.15) is 18.3 Å². The molecule has 0 fully saturated rings. The highest BCUT2D eigenvalue weighted by Gasteiger charge is 2.30. The third-order valence-corrected chi connectivity index (χ3v) is 3.24. The summed E-state index contributed by atoms with van der Waals surface area (Å²) in [5, 5.41) is 4.48. The van der Waals surface area contributed by atoms with Gasteiger partial charge < -0.3 is 0 Å². The van der Waals surface area contributed by atoms with Gasteiger partial charge in [0, 0.05) is 18.2 Å². The van der Waals surface area contributed by atoms with Crippen molar-refractivity contribution in [2.45, 2.75) is 19.5 Å². The molecule has 2 aromatic rings. The first kappa shape index (κ1) is 13.9. The molecule has 0 bridgehead atoms. The fourth-order valence-corrected chi connectivity index (χ4v) is 2.36. The molecule has 0 aliphatic carbocycles. The Labute approximate surface area is 113 Å². The molecule has 0 N–H and O–H groups in total. The summed E-state index contributed by atoms with van der Waals surface area (Å²) in [5.41, 5.74) is 1.60. The van der Waals surface area contributed by atoms with Crippen LogP contribution in [0.5, 0.6) is 0 Å². The summed E-state index contributed by atoms with van der Waals surface area (Å²) in [7, 11) is 1.72. The summed E-state index contributed by atoms with van der Waals surface area (Å²) in [5.74, 6) is 0. The highest BCUT2D eigenvalue weighted by molar-refractivity contribution is 6.30. The van der Waals surface area contributed by atoms with Gasteiger partial charge in [-0.3, -0.25) is 4.68 Å². The number of halogens is 4. The molecule has 1 heterocycles. The van der Waals surface area contributed by atoms with Crippen LogP contribution in [0.3, 0.4) is 0 Å². The van der Waals surface area contributed by atoms with E-state index in [1.54, 1.807) is 11.7 Å². The number of alkyl halides is 3. The van der Waals surface area contributed by atoms with Gasteiger partial charge in [0.05, 0.1) is 11.3 Å². The second kappa shape index (κ2) is 4.89. The molecule has 0 unspecified atom stereocenters. The van der Waals surface area contributed by atoms with Crippen molar-refractivity contribution in [3.63, 3.8) is 0 Å². The van der Waals surface area contributed by atoms with E-state index in [0.717, 1.165) is 23.4 Å². The van der Waals surface area contributed by atoms with E-state index in [1.807, 2.05) is 6.92 Å². The van der Waals surface area contributed by atoms with Crippen molar-refractivity contribution in [1.82, 2.24) is 9.78 Å². The average molecular weight is 289 g/mol. The SMILES string of the molecule is CCc1c(Cl)nn(C)c1-c1ccc(C(F)(F)F)cc1. The van der Waals surface area contributed by atoms with Crippen LogP contribution in [0, 0.1) is 0 Å². The molecule has 6 heteroatoms. The maximum atomic E-state index is 12.5. The quantitative estimate of drug-likeness (QED) is 0.804. The molecule has 2 rings (SSSR count). The monoisotopic (exact) mass is 288 g/mol. The van der Waals surface area contributed by atoms with Gasteiger partial charge in [-0.25, -0.2) is 0 Å². The second-order valence-corrected chi connectivity index (χ2v) is 4.53. The summed E-state index contributed by atoms with van der Waals surface area (Å²) in [6.45, 7) is 1.93. The molecule has 2 nitrogen and oxygen atoms in total. The molecule has 1 aromatic heterocycles. The Morgan fingerprint density at radius 1 is 1.21 bits per heavy atom. The molecule has 0 spiro atoms. The van der Waals surface area contributed by atoms with Crippen LogP contribution in [0.15, 0.2) is 24.3 Å². The minimum Gasteiger partial charge on any atom is -0.266 e. The first-order valence-electron chi connectivity index (χ1n) is 5.73. The minimum absolute atomic E-state index is 0.389. The number of aromatic nitrogens is 2. The van der Waals surface area contributed by atoms with E-state index in [0.29, 0.717) is 17.1 Å². The fourth-order valence-electron chi connectivity index (χ4n) is 2.03. The summed E-state index contributed by atoms with van der Waals surface area (Å²) < 4.78 is 39.1. The van der Waals surface area contributed by atoms with Gasteiger partial charge in [-0.1, -0.05) is 30.7 Å². The topological polar surface area (TPSA) is 17.8 Å². The largest absolute Gasteiger partial charge is 0.416 e. The van der Waals surface area contributed by atoms with Crippen molar-refractivity contribution in [1.29, 1.82) is 0 Å². The van der Waals surface area contributed by atoms with Gasteiger partial charge in [-0.15, -0.1) is 0 Å². The number of hydrogen-bond acceptors (Lipinski definition) is 1. The predicted octanol–water partition coefficient (Wildman–Crippen LogP) is 4.32. The van der Waals surface area contributed by atoms with Crippen molar-refractivity contribution >= 4 is 11.6 Å². The minimum atomic E-state index is -4.32. The second-order valence-electron chi connectivity index (χ2n) is 4.17. The van der Waals surface area contributed by atoms with E-state index in [2.05, 4.69) is 5.10 Å². The Bertz CT molecular complexity index is 585. The van der Waals surface area contributed by atoms with E-state index in [-0.39, 0.29) is 0 Å². The van der Waals surface area contributed by atoms with Gasteiger partial charge in [0.1, 0.15) is 0 Å². The van der Waals surface area contributed by atoms with Crippen molar-refractivity contribution < 1.29 is 13.2 Å². The molecule has 0 amide bonds. The first-order chi connectivity index (χ1) is 8.84. The number of benzene rings is 1. The lowest BCUT2D eigenvalue weighted by molar-refractivity contribution is -0.137. The van der Waals surface area contributed by atoms with Gasteiger partial charge in [-0.05, 0) is 18.6 Å². The molecule has 19 heavy (non-hydrogen) atoms. The fraction of sp³-hybridized carbons (Fsp3) is 0.308. The van der Waals surface area contributed by atoms with Gasteiger partial charge >= 0.3 is 6.18 Å². The van der Waals surface area contributed by atoms with E-state index in [1.165, 1.54) is 12.1 Å². The van der Waals surface area contributed by atoms with Crippen molar-refractivity contribution in [2.24, 2.45) is 7.05 Å². The van der Waals surface area contributed by atoms with Crippen LogP contribution in [0.4, 0.5) is 13.2 Å². The number of rotatable bonds is 2. The Morgan fingerprint density at radius 2 is 1.79 bits per heavy atom. The van der Waals surface area contributed by atoms with Gasteiger partial charge in [0.25, 0.3) is 0 Å². The van der Waals surface area contributed by atoms with Crippen LogP contribution in [0.2, 0.25) is 5.15 Å². The highest BCUT2D eigenvalue weighted by Crippen LogP contribution is 2.33. The molecule has 0 aliphatic rings. The molecule has 1 aromatic carbocycles. The van der Waals surface area contributed by atoms with Crippen LogP contribution < -0.4 is 0 Å². The highest BCUT2D eigenvalue weighted by atomic mass is 35.5. The standard InChI is InChI=1S/C13H12ClF3N2/c1-3-10-11(19(2)18-12(10)14)8-4-6-9(7-5-8)13(15,16)17/h4-7H,3H2,1-2H3. The lowest BCUT2D eigenvalue weighted by atomic mass is 10.0. The lowest BCUT2D eigenvalue weighted by Gasteiger charge is -2.09. The Hall–Kier alpha value is -1.49. The van der Waals surface area contributed by atoms with E-state index < -0.39 is 11.7 Å². The lowest BCUT2D eigenvalue weighted by Crippen LogP contribution is -2.04. The van der Waals surface area contributed by atoms with Gasteiger partial charge in [0.15, 0.2) is 5.15 Å². The van der Waals surface area contributed by atoms with E-state index >= 15 is 0 Å². The average Bonchev–Trinajstić information content (AvgIpc) is 2.62. The van der Waals surface area contributed by atoms with Crippen molar-refractivity contribution in [2.75, 3.05) is 0 Å². The smallest absolute Gasteiger partial charge is 0.266 e. The van der Waals surface area contributed by atoms with Crippen LogP contribution in [-0.4, -0.2) is 9.78 Å². The van der Waals surface area contributed by atoms with Crippen molar-refractivity contribution in [3.05, 3.63) is 40.5 Å². The zero-order chi connectivity index (χ0) is 14.2. The maximum Gasteiger partial charge on any atom is 0.416 e. The molecule has 0 radical (unpaired) electrons. The predicted molar refractivity (Wildman–Crippen MR) is 68.0 cm³/mol. The summed E-state index contributed by atoms with van der Waals surface area (Å²) in [6, 6.07) is 5.01. The zero-order valence-electron chi connectivity index (χ0n) is 10.4. The Kier molecular flexibility index (Phi) is 3.58. The molecular weight excluding hydrogens is 277 g/mol. The molecule has 102 valence electrons. The number of hydrogen-bond donors (Lipinski definition) is 0. The maximum absolute atomic E-state index is 12.5. The molecule has 0 saturated carbocycles. The first-order valence-corrected chi connectivity index (χ1v) is 6.11. The van der Waals surface area contributed by atoms with Crippen LogP contribution in [0.25, 0.3) is 11.3 Å². The molecule has 0 saturated heterocycles. The molecular formula is C13H12ClF3N2. The van der Waals surface area contributed by atoms with Crippen LogP contribution >= 0.6 is 11.6 Å².